The smallest absolute Gasteiger partial charge is 0.274 e. The van der Waals surface area contributed by atoms with E-state index in [1.165, 1.54) is 0 Å². The summed E-state index contributed by atoms with van der Waals surface area (Å²) in [6.07, 6.45) is 1.73. The van der Waals surface area contributed by atoms with Crippen molar-refractivity contribution >= 4 is 17.7 Å². The molecule has 0 radical (unpaired) electrons. The lowest BCUT2D eigenvalue weighted by Crippen LogP contribution is -2.41. The Hall–Kier alpha value is -3.94. The maximum Gasteiger partial charge on any atom is 0.274 e. The van der Waals surface area contributed by atoms with E-state index in [1.54, 1.807) is 27.6 Å². The molecule has 1 aromatic heterocycles. The molecule has 0 unspecified atom stereocenters. The van der Waals surface area contributed by atoms with Crippen LogP contribution in [-0.4, -0.2) is 68.4 Å². The van der Waals surface area contributed by atoms with E-state index in [9.17, 15) is 14.4 Å². The molecule has 4 rings (SSSR count). The topological polar surface area (TPSA) is 78.8 Å². The Bertz CT molecular complexity index is 1240. The van der Waals surface area contributed by atoms with E-state index < -0.39 is 0 Å². The second-order valence-electron chi connectivity index (χ2n) is 9.95. The molecular weight excluding hydrogens is 478 g/mol. The van der Waals surface area contributed by atoms with Gasteiger partial charge in [-0.15, -0.1) is 0 Å². The molecule has 0 fully saturated rings. The van der Waals surface area contributed by atoms with Gasteiger partial charge in [-0.25, -0.2) is 0 Å². The van der Waals surface area contributed by atoms with Gasteiger partial charge in [-0.05, 0) is 30.9 Å². The van der Waals surface area contributed by atoms with Crippen LogP contribution in [0.4, 0.5) is 0 Å². The molecule has 3 amide bonds. The minimum atomic E-state index is -0.249. The van der Waals surface area contributed by atoms with Crippen molar-refractivity contribution in [3.8, 4) is 0 Å². The van der Waals surface area contributed by atoms with E-state index in [1.807, 2.05) is 79.4 Å². The number of amides is 3. The van der Waals surface area contributed by atoms with Gasteiger partial charge in [0.2, 0.25) is 5.91 Å². The van der Waals surface area contributed by atoms with Crippen molar-refractivity contribution in [1.82, 2.24) is 24.5 Å². The van der Waals surface area contributed by atoms with Crippen molar-refractivity contribution in [3.63, 3.8) is 0 Å². The number of rotatable bonds is 10. The first kappa shape index (κ1) is 27.1. The zero-order chi connectivity index (χ0) is 27.1. The lowest BCUT2D eigenvalue weighted by atomic mass is 10.1. The molecule has 0 saturated heterocycles. The molecule has 0 saturated carbocycles. The van der Waals surface area contributed by atoms with Gasteiger partial charge in [0, 0.05) is 58.3 Å². The minimum Gasteiger partial charge on any atom is -0.341 e. The van der Waals surface area contributed by atoms with Gasteiger partial charge in [-0.1, -0.05) is 67.6 Å². The predicted octanol–water partition coefficient (Wildman–Crippen LogP) is 4.22. The summed E-state index contributed by atoms with van der Waals surface area (Å²) in [4.78, 5) is 45.1. The van der Waals surface area contributed by atoms with Crippen molar-refractivity contribution in [2.75, 3.05) is 20.1 Å². The quantitative estimate of drug-likeness (QED) is 0.405. The van der Waals surface area contributed by atoms with Crippen molar-refractivity contribution in [2.24, 2.45) is 0 Å². The van der Waals surface area contributed by atoms with Gasteiger partial charge >= 0.3 is 0 Å². The third kappa shape index (κ3) is 6.49. The lowest BCUT2D eigenvalue weighted by Gasteiger charge is -2.28. The average Bonchev–Trinajstić information content (AvgIpc) is 3.31. The molecule has 8 heteroatoms. The molecule has 2 aromatic carbocycles. The highest BCUT2D eigenvalue weighted by atomic mass is 16.2. The first-order valence-electron chi connectivity index (χ1n) is 13.4. The van der Waals surface area contributed by atoms with Crippen LogP contribution >= 0.6 is 0 Å². The number of aryl methyl sites for hydroxylation is 1. The van der Waals surface area contributed by atoms with Gasteiger partial charge in [0.1, 0.15) is 5.69 Å². The molecule has 38 heavy (non-hydrogen) atoms. The number of nitrogens with zero attached hydrogens (tertiary/aromatic N) is 5. The van der Waals surface area contributed by atoms with E-state index in [4.69, 9.17) is 0 Å². The molecule has 0 aliphatic carbocycles. The van der Waals surface area contributed by atoms with Crippen LogP contribution in [0.25, 0.3) is 0 Å². The van der Waals surface area contributed by atoms with Gasteiger partial charge < -0.3 is 14.7 Å². The first-order chi connectivity index (χ1) is 18.4. The molecule has 2 heterocycles. The lowest BCUT2D eigenvalue weighted by molar-refractivity contribution is -0.130. The average molecular weight is 516 g/mol. The summed E-state index contributed by atoms with van der Waals surface area (Å²) in [6.45, 7) is 6.54. The first-order valence-corrected chi connectivity index (χ1v) is 13.4. The van der Waals surface area contributed by atoms with Gasteiger partial charge in [0.05, 0.1) is 0 Å². The highest BCUT2D eigenvalue weighted by Crippen LogP contribution is 2.19. The summed E-state index contributed by atoms with van der Waals surface area (Å²) in [5.41, 5.74) is 2.81. The number of hydrogen-bond donors (Lipinski definition) is 0. The standard InChI is InChI=1S/C30H37N5O3/c1-4-23(2)34(19-16-28(36)32(3)21-24-12-7-5-8-13-24)29(37)26-20-27-30(38)33(17-11-18-35(27)31-26)22-25-14-9-6-10-15-25/h5-10,12-15,20,23H,4,11,16-19,21-22H2,1-3H3/t23-/m0/s1. The van der Waals surface area contributed by atoms with Crippen LogP contribution in [0.15, 0.2) is 66.7 Å². The van der Waals surface area contributed by atoms with E-state index >= 15 is 0 Å². The Morgan fingerprint density at radius 2 is 1.66 bits per heavy atom. The number of benzene rings is 2. The molecule has 3 aromatic rings. The maximum absolute atomic E-state index is 13.6. The number of carbonyl (C=O) groups is 3. The third-order valence-electron chi connectivity index (χ3n) is 7.16. The summed E-state index contributed by atoms with van der Waals surface area (Å²) in [5, 5.41) is 4.54. The monoisotopic (exact) mass is 515 g/mol. The normalized spacial score (nSPS) is 14.0. The van der Waals surface area contributed by atoms with Crippen molar-refractivity contribution in [1.29, 1.82) is 0 Å². The van der Waals surface area contributed by atoms with Crippen molar-refractivity contribution in [3.05, 3.63) is 89.2 Å². The Morgan fingerprint density at radius 1 is 1.00 bits per heavy atom. The predicted molar refractivity (Wildman–Crippen MR) is 146 cm³/mol. The zero-order valence-electron chi connectivity index (χ0n) is 22.5. The van der Waals surface area contributed by atoms with Crippen molar-refractivity contribution < 1.29 is 14.4 Å². The fourth-order valence-electron chi connectivity index (χ4n) is 4.74. The molecule has 200 valence electrons. The molecule has 1 aliphatic heterocycles. The van der Waals surface area contributed by atoms with Crippen LogP contribution in [0.5, 0.6) is 0 Å². The largest absolute Gasteiger partial charge is 0.341 e. The van der Waals surface area contributed by atoms with E-state index in [-0.39, 0.29) is 35.9 Å². The molecule has 1 atom stereocenters. The highest BCUT2D eigenvalue weighted by Gasteiger charge is 2.29. The number of carbonyl (C=O) groups excluding carboxylic acids is 3. The molecule has 0 bridgehead atoms. The molecule has 1 aliphatic rings. The minimum absolute atomic E-state index is 0.0256. The second kappa shape index (κ2) is 12.5. The van der Waals surface area contributed by atoms with E-state index in [2.05, 4.69) is 5.10 Å². The fourth-order valence-corrected chi connectivity index (χ4v) is 4.74. The number of hydrogen-bond acceptors (Lipinski definition) is 4. The maximum atomic E-state index is 13.6. The Morgan fingerprint density at radius 3 is 2.32 bits per heavy atom. The van der Waals surface area contributed by atoms with Crippen LogP contribution in [0.2, 0.25) is 0 Å². The van der Waals surface area contributed by atoms with Gasteiger partial charge in [-0.2, -0.15) is 5.10 Å². The molecular formula is C30H37N5O3. The molecule has 0 N–H and O–H groups in total. The fraction of sp³-hybridized carbons (Fsp3) is 0.400. The Kier molecular flexibility index (Phi) is 8.94. The summed E-state index contributed by atoms with van der Waals surface area (Å²) in [7, 11) is 1.78. The zero-order valence-corrected chi connectivity index (χ0v) is 22.5. The third-order valence-corrected chi connectivity index (χ3v) is 7.16. The second-order valence-corrected chi connectivity index (χ2v) is 9.95. The van der Waals surface area contributed by atoms with Crippen molar-refractivity contribution in [2.45, 2.75) is 58.8 Å². The van der Waals surface area contributed by atoms with Gasteiger partial charge in [-0.3, -0.25) is 19.1 Å². The highest BCUT2D eigenvalue weighted by molar-refractivity contribution is 5.98. The van der Waals surface area contributed by atoms with Crippen LogP contribution < -0.4 is 0 Å². The van der Waals surface area contributed by atoms with Gasteiger partial charge in [0.25, 0.3) is 11.8 Å². The summed E-state index contributed by atoms with van der Waals surface area (Å²) < 4.78 is 1.66. The Balaban J connectivity index is 1.45. The van der Waals surface area contributed by atoms with Gasteiger partial charge in [0.15, 0.2) is 5.69 Å². The summed E-state index contributed by atoms with van der Waals surface area (Å²) in [5.74, 6) is -0.395. The summed E-state index contributed by atoms with van der Waals surface area (Å²) in [6, 6.07) is 21.3. The van der Waals surface area contributed by atoms with E-state index in [0.29, 0.717) is 38.4 Å². The van der Waals surface area contributed by atoms with Crippen LogP contribution in [0.3, 0.4) is 0 Å². The SMILES string of the molecule is CC[C@H](C)N(CCC(=O)N(C)Cc1ccccc1)C(=O)c1cc2n(n1)CCCN(Cc1ccccc1)C2=O. The Labute approximate surface area is 224 Å². The number of fused-ring (bicyclic) bond motifs is 1. The molecule has 0 spiro atoms. The van der Waals surface area contributed by atoms with Crippen LogP contribution in [-0.2, 0) is 24.4 Å². The summed E-state index contributed by atoms with van der Waals surface area (Å²) >= 11 is 0. The van der Waals surface area contributed by atoms with Crippen LogP contribution in [0.1, 0.15) is 65.2 Å². The van der Waals surface area contributed by atoms with E-state index in [0.717, 1.165) is 24.0 Å². The number of aromatic nitrogens is 2. The van der Waals surface area contributed by atoms with Crippen LogP contribution in [0, 0.1) is 0 Å². The molecule has 8 nitrogen and oxygen atoms in total.